The van der Waals surface area contributed by atoms with Crippen molar-refractivity contribution in [2.75, 3.05) is 13.2 Å². The first-order chi connectivity index (χ1) is 22.7. The Morgan fingerprint density at radius 1 is 0.729 bits per heavy atom. The minimum atomic E-state index is -1.74. The van der Waals surface area contributed by atoms with E-state index in [0.717, 1.165) is 18.2 Å². The van der Waals surface area contributed by atoms with Crippen molar-refractivity contribution < 1.29 is 89.4 Å². The Labute approximate surface area is 271 Å². The first kappa shape index (κ1) is 36.8. The number of benzene rings is 2. The summed E-state index contributed by atoms with van der Waals surface area (Å²) in [5, 5.41) is 109. The van der Waals surface area contributed by atoms with E-state index in [2.05, 4.69) is 0 Å². The average Bonchev–Trinajstić information content (AvgIpc) is 3.05. The van der Waals surface area contributed by atoms with E-state index in [4.69, 9.17) is 23.7 Å². The van der Waals surface area contributed by atoms with Crippen molar-refractivity contribution >= 4 is 18.0 Å². The van der Waals surface area contributed by atoms with E-state index in [9.17, 15) is 65.8 Å². The second kappa shape index (κ2) is 15.9. The highest BCUT2D eigenvalue weighted by molar-refractivity contribution is 5.89. The van der Waals surface area contributed by atoms with E-state index in [1.54, 1.807) is 0 Å². The van der Waals surface area contributed by atoms with Gasteiger partial charge in [0.1, 0.15) is 48.8 Å². The van der Waals surface area contributed by atoms with Crippen molar-refractivity contribution in [2.24, 2.45) is 0 Å². The molecule has 2 heterocycles. The summed E-state index contributed by atoms with van der Waals surface area (Å²) in [5.41, 5.74) is 0.426. The molecule has 18 heteroatoms. The number of carbonyl (C=O) groups is 2. The Bertz CT molecular complexity index is 1440. The quantitative estimate of drug-likeness (QED) is 0.0771. The van der Waals surface area contributed by atoms with Crippen LogP contribution in [0.5, 0.6) is 23.0 Å². The monoisotopic (exact) mass is 684 g/mol. The van der Waals surface area contributed by atoms with Crippen molar-refractivity contribution in [3.8, 4) is 23.0 Å². The van der Waals surface area contributed by atoms with Gasteiger partial charge in [-0.05, 0) is 41.5 Å². The van der Waals surface area contributed by atoms with Crippen molar-refractivity contribution in [3.63, 3.8) is 0 Å². The number of phenols is 2. The summed E-state index contributed by atoms with van der Waals surface area (Å²) in [4.78, 5) is 24.2. The number of aromatic hydroxyl groups is 2. The highest BCUT2D eigenvalue weighted by Gasteiger charge is 2.46. The average molecular weight is 685 g/mol. The lowest BCUT2D eigenvalue weighted by molar-refractivity contribution is -0.277. The zero-order valence-corrected chi connectivity index (χ0v) is 24.9. The summed E-state index contributed by atoms with van der Waals surface area (Å²) < 4.78 is 26.3. The fourth-order valence-electron chi connectivity index (χ4n) is 4.84. The summed E-state index contributed by atoms with van der Waals surface area (Å²) in [6.07, 6.45) is -15.7. The van der Waals surface area contributed by atoms with Crippen molar-refractivity contribution in [1.29, 1.82) is 0 Å². The molecule has 2 fully saturated rings. The molecule has 48 heavy (non-hydrogen) atoms. The summed E-state index contributed by atoms with van der Waals surface area (Å²) in [6, 6.07) is 7.39. The number of carbonyl (C=O) groups excluding carboxylic acids is 1. The van der Waals surface area contributed by atoms with Gasteiger partial charge >= 0.3 is 11.9 Å². The molecule has 0 unspecified atom stereocenters. The third-order valence-corrected chi connectivity index (χ3v) is 7.56. The van der Waals surface area contributed by atoms with E-state index in [-0.39, 0.29) is 22.6 Å². The molecule has 2 aromatic rings. The lowest BCUT2D eigenvalue weighted by Gasteiger charge is -2.39. The van der Waals surface area contributed by atoms with Gasteiger partial charge in [0.15, 0.2) is 23.0 Å². The Hall–Kier alpha value is -4.08. The molecule has 11 N–H and O–H groups in total. The summed E-state index contributed by atoms with van der Waals surface area (Å²) in [5.74, 6) is -4.05. The van der Waals surface area contributed by atoms with Gasteiger partial charge in [0.25, 0.3) is 0 Å². The fourth-order valence-corrected chi connectivity index (χ4v) is 4.84. The number of hydrogen-bond acceptors (Lipinski definition) is 17. The number of esters is 1. The van der Waals surface area contributed by atoms with Gasteiger partial charge in [0.05, 0.1) is 13.2 Å². The number of carboxylic acid groups (broad SMARTS) is 1. The molecule has 2 aliphatic rings. The van der Waals surface area contributed by atoms with Crippen LogP contribution in [-0.2, 0) is 30.2 Å². The standard InChI is InChI=1S/C30H36O18/c31-10-19-22(36)24(38)26(40)29(47-19)45-16-4-1-12(7-14(16)33)3-6-21(35)44-18(28(42)43)9-13-2-5-17(15(34)8-13)46-30-27(41)25(39)23(37)20(11-32)48-30/h1-8,18-20,22-27,29-34,36-41H,9-11H2,(H,42,43)/b6-3+/t18-,19-,20-,22-,23-,24+,25+,26-,27-,29-,30-/m1/s1. The van der Waals surface area contributed by atoms with E-state index in [0.29, 0.717) is 0 Å². The third kappa shape index (κ3) is 8.49. The topological polar surface area (TPSA) is 303 Å². The Morgan fingerprint density at radius 2 is 1.23 bits per heavy atom. The lowest BCUT2D eigenvalue weighted by Crippen LogP contribution is -2.60. The molecule has 4 rings (SSSR count). The van der Waals surface area contributed by atoms with Crippen LogP contribution in [0.2, 0.25) is 0 Å². The second-order valence-electron chi connectivity index (χ2n) is 11.0. The largest absolute Gasteiger partial charge is 0.504 e. The van der Waals surface area contributed by atoms with Gasteiger partial charge in [-0.2, -0.15) is 0 Å². The maximum absolute atomic E-state index is 12.4. The molecular weight excluding hydrogens is 648 g/mol. The van der Waals surface area contributed by atoms with Crippen molar-refractivity contribution in [1.82, 2.24) is 0 Å². The summed E-state index contributed by atoms with van der Waals surface area (Å²) in [6.45, 7) is -1.38. The van der Waals surface area contributed by atoms with Gasteiger partial charge in [-0.1, -0.05) is 12.1 Å². The van der Waals surface area contributed by atoms with E-state index < -0.39 is 111 Å². The van der Waals surface area contributed by atoms with Crippen molar-refractivity contribution in [3.05, 3.63) is 53.6 Å². The van der Waals surface area contributed by atoms with Crippen LogP contribution in [-0.4, -0.2) is 149 Å². The van der Waals surface area contributed by atoms with E-state index >= 15 is 0 Å². The minimum Gasteiger partial charge on any atom is -0.504 e. The zero-order chi connectivity index (χ0) is 35.3. The Balaban J connectivity index is 1.35. The molecule has 0 spiro atoms. The van der Waals surface area contributed by atoms with Crippen LogP contribution >= 0.6 is 0 Å². The molecule has 0 bridgehead atoms. The maximum Gasteiger partial charge on any atom is 0.345 e. The Morgan fingerprint density at radius 3 is 1.69 bits per heavy atom. The normalized spacial score (nSPS) is 31.2. The number of carboxylic acids is 1. The zero-order valence-electron chi connectivity index (χ0n) is 24.9. The van der Waals surface area contributed by atoms with Gasteiger partial charge in [0, 0.05) is 12.5 Å². The number of aliphatic carboxylic acids is 1. The molecule has 11 atom stereocenters. The SMILES string of the molecule is O=C(/C=C/c1ccc(O[C@@H]2O[C@H](CO)[C@@H](O)[C@H](O)[C@H]2O)c(O)c1)O[C@H](Cc1ccc(O[C@@H]2O[C@H](CO)[C@@H](O)[C@H](O)[C@H]2O)c(O)c1)C(=O)O. The van der Waals surface area contributed by atoms with Crippen LogP contribution in [0.3, 0.4) is 0 Å². The predicted octanol–water partition coefficient (Wildman–Crippen LogP) is -3.29. The van der Waals surface area contributed by atoms with Crippen LogP contribution in [0.25, 0.3) is 6.08 Å². The van der Waals surface area contributed by atoms with Crippen LogP contribution < -0.4 is 9.47 Å². The smallest absolute Gasteiger partial charge is 0.345 e. The number of aliphatic hydroxyl groups excluding tert-OH is 8. The predicted molar refractivity (Wildman–Crippen MR) is 155 cm³/mol. The number of phenolic OH excluding ortho intramolecular Hbond substituents is 2. The third-order valence-electron chi connectivity index (χ3n) is 7.56. The molecule has 2 aliphatic heterocycles. The highest BCUT2D eigenvalue weighted by Crippen LogP contribution is 2.33. The van der Waals surface area contributed by atoms with Gasteiger partial charge in [-0.15, -0.1) is 0 Å². The number of ether oxygens (including phenoxy) is 5. The summed E-state index contributed by atoms with van der Waals surface area (Å²) >= 11 is 0. The Kier molecular flexibility index (Phi) is 12.2. The number of hydrogen-bond donors (Lipinski definition) is 11. The first-order valence-electron chi connectivity index (χ1n) is 14.4. The van der Waals surface area contributed by atoms with Crippen LogP contribution in [0.4, 0.5) is 0 Å². The minimum absolute atomic E-state index is 0.192. The molecule has 18 nitrogen and oxygen atoms in total. The van der Waals surface area contributed by atoms with Gasteiger partial charge in [0.2, 0.25) is 18.7 Å². The van der Waals surface area contributed by atoms with Gasteiger partial charge in [-0.3, -0.25) is 0 Å². The molecule has 0 radical (unpaired) electrons. The number of aliphatic hydroxyl groups is 8. The summed E-state index contributed by atoms with van der Waals surface area (Å²) in [7, 11) is 0. The van der Waals surface area contributed by atoms with Gasteiger partial charge < -0.3 is 79.9 Å². The van der Waals surface area contributed by atoms with E-state index in [1.165, 1.54) is 30.3 Å². The highest BCUT2D eigenvalue weighted by atomic mass is 16.7. The molecule has 2 saturated heterocycles. The van der Waals surface area contributed by atoms with Crippen LogP contribution in [0.15, 0.2) is 42.5 Å². The lowest BCUT2D eigenvalue weighted by atomic mass is 9.99. The van der Waals surface area contributed by atoms with Crippen LogP contribution in [0.1, 0.15) is 11.1 Å². The molecule has 2 aromatic carbocycles. The molecule has 0 saturated carbocycles. The molecule has 0 aliphatic carbocycles. The molecule has 0 amide bonds. The second-order valence-corrected chi connectivity index (χ2v) is 11.0. The fraction of sp³-hybridized carbons (Fsp3) is 0.467. The molecule has 0 aromatic heterocycles. The van der Waals surface area contributed by atoms with Gasteiger partial charge in [-0.25, -0.2) is 9.59 Å². The van der Waals surface area contributed by atoms with Crippen LogP contribution in [0, 0.1) is 0 Å². The number of rotatable bonds is 12. The first-order valence-corrected chi connectivity index (χ1v) is 14.4. The van der Waals surface area contributed by atoms with E-state index in [1.807, 2.05) is 0 Å². The molecule has 264 valence electrons. The molecular formula is C30H36O18. The maximum atomic E-state index is 12.4. The van der Waals surface area contributed by atoms with Crippen molar-refractivity contribution in [2.45, 2.75) is 73.9 Å².